The highest BCUT2D eigenvalue weighted by Gasteiger charge is 2.32. The number of hydrogen-bond acceptors (Lipinski definition) is 4. The molecule has 0 radical (unpaired) electrons. The molecule has 17 heavy (non-hydrogen) atoms. The van der Waals surface area contributed by atoms with Crippen molar-refractivity contribution >= 4 is 11.8 Å². The van der Waals surface area contributed by atoms with E-state index in [4.69, 9.17) is 0 Å². The van der Waals surface area contributed by atoms with Crippen LogP contribution in [-0.2, 0) is 0 Å². The maximum absolute atomic E-state index is 13.4. The highest BCUT2D eigenvalue weighted by Crippen LogP contribution is 2.37. The molecule has 1 saturated carbocycles. The molecular weight excluding hydrogens is 219 g/mol. The van der Waals surface area contributed by atoms with Gasteiger partial charge in [0, 0.05) is 13.1 Å². The zero-order valence-corrected chi connectivity index (χ0v) is 10.3. The Morgan fingerprint density at radius 1 is 1.47 bits per heavy atom. The summed E-state index contributed by atoms with van der Waals surface area (Å²) in [7, 11) is 0. The molecule has 0 bridgehead atoms. The Morgan fingerprint density at radius 3 is 2.88 bits per heavy atom. The van der Waals surface area contributed by atoms with E-state index in [-0.39, 0.29) is 5.82 Å². The predicted octanol–water partition coefficient (Wildman–Crippen LogP) is 2.51. The molecule has 1 aliphatic rings. The molecule has 1 aromatic heterocycles. The van der Waals surface area contributed by atoms with Crippen molar-refractivity contribution in [2.45, 2.75) is 26.7 Å². The largest absolute Gasteiger partial charge is 0.367 e. The molecular formula is C12H19FN4. The van der Waals surface area contributed by atoms with Crippen LogP contribution in [0.2, 0.25) is 0 Å². The lowest BCUT2D eigenvalue weighted by molar-refractivity contribution is 0.615. The Morgan fingerprint density at radius 2 is 2.24 bits per heavy atom. The van der Waals surface area contributed by atoms with Gasteiger partial charge < -0.3 is 10.6 Å². The second-order valence-electron chi connectivity index (χ2n) is 4.67. The molecule has 1 aliphatic carbocycles. The number of aromatic nitrogens is 2. The van der Waals surface area contributed by atoms with Crippen LogP contribution >= 0.6 is 0 Å². The molecule has 1 aromatic rings. The van der Waals surface area contributed by atoms with E-state index in [2.05, 4.69) is 34.4 Å². The average Bonchev–Trinajstić information content (AvgIpc) is 3.02. The van der Waals surface area contributed by atoms with E-state index in [1.807, 2.05) is 0 Å². The lowest BCUT2D eigenvalue weighted by Crippen LogP contribution is -2.11. The summed E-state index contributed by atoms with van der Waals surface area (Å²) in [6.45, 7) is 5.86. The second-order valence-corrected chi connectivity index (χ2v) is 4.67. The SMILES string of the molecule is CCCNc1ncc(F)c(NCC2CC2C)n1. The summed E-state index contributed by atoms with van der Waals surface area (Å²) in [4.78, 5) is 8.02. The van der Waals surface area contributed by atoms with Gasteiger partial charge in [-0.15, -0.1) is 0 Å². The van der Waals surface area contributed by atoms with Gasteiger partial charge in [0.05, 0.1) is 6.20 Å². The summed E-state index contributed by atoms with van der Waals surface area (Å²) in [6.07, 6.45) is 3.42. The van der Waals surface area contributed by atoms with Gasteiger partial charge in [-0.05, 0) is 24.7 Å². The van der Waals surface area contributed by atoms with Crippen molar-refractivity contribution in [2.24, 2.45) is 11.8 Å². The standard InChI is InChI=1S/C12H19FN4/c1-3-4-14-12-16-7-10(13)11(17-12)15-6-9-5-8(9)2/h7-9H,3-6H2,1-2H3,(H2,14,15,16,17). The van der Waals surface area contributed by atoms with Gasteiger partial charge in [0.25, 0.3) is 0 Å². The molecule has 5 heteroatoms. The van der Waals surface area contributed by atoms with Crippen LogP contribution in [0, 0.1) is 17.7 Å². The van der Waals surface area contributed by atoms with Crippen LogP contribution in [0.3, 0.4) is 0 Å². The molecule has 4 nitrogen and oxygen atoms in total. The number of hydrogen-bond donors (Lipinski definition) is 2. The van der Waals surface area contributed by atoms with Crippen molar-refractivity contribution in [1.82, 2.24) is 9.97 Å². The third kappa shape index (κ3) is 3.28. The molecule has 2 N–H and O–H groups in total. The summed E-state index contributed by atoms with van der Waals surface area (Å²) in [5.74, 6) is 1.82. The zero-order chi connectivity index (χ0) is 12.3. The van der Waals surface area contributed by atoms with Crippen molar-refractivity contribution in [3.05, 3.63) is 12.0 Å². The first-order valence-electron chi connectivity index (χ1n) is 6.21. The zero-order valence-electron chi connectivity index (χ0n) is 10.3. The molecule has 1 fully saturated rings. The second kappa shape index (κ2) is 5.29. The highest BCUT2D eigenvalue weighted by atomic mass is 19.1. The Balaban J connectivity index is 1.93. The minimum Gasteiger partial charge on any atom is -0.367 e. The lowest BCUT2D eigenvalue weighted by Gasteiger charge is -2.08. The van der Waals surface area contributed by atoms with E-state index in [1.165, 1.54) is 12.6 Å². The summed E-state index contributed by atoms with van der Waals surface area (Å²) in [5, 5.41) is 6.10. The highest BCUT2D eigenvalue weighted by molar-refractivity contribution is 5.41. The Bertz CT molecular complexity index is 383. The molecule has 0 aromatic carbocycles. The maximum Gasteiger partial charge on any atom is 0.224 e. The van der Waals surface area contributed by atoms with Gasteiger partial charge in [-0.25, -0.2) is 9.37 Å². The monoisotopic (exact) mass is 238 g/mol. The molecule has 1 heterocycles. The van der Waals surface area contributed by atoms with Crippen LogP contribution in [0.25, 0.3) is 0 Å². The number of rotatable bonds is 6. The fourth-order valence-corrected chi connectivity index (χ4v) is 1.72. The van der Waals surface area contributed by atoms with Gasteiger partial charge >= 0.3 is 0 Å². The maximum atomic E-state index is 13.4. The molecule has 0 saturated heterocycles. The topological polar surface area (TPSA) is 49.8 Å². The Labute approximate surface area is 101 Å². The summed E-state index contributed by atoms with van der Waals surface area (Å²) in [6, 6.07) is 0. The molecule has 0 amide bonds. The molecule has 2 rings (SSSR count). The molecule has 0 spiro atoms. The van der Waals surface area contributed by atoms with Crippen LogP contribution < -0.4 is 10.6 Å². The van der Waals surface area contributed by atoms with Gasteiger partial charge in [0.2, 0.25) is 5.95 Å². The fraction of sp³-hybridized carbons (Fsp3) is 0.667. The van der Waals surface area contributed by atoms with Crippen molar-refractivity contribution in [3.8, 4) is 0 Å². The van der Waals surface area contributed by atoms with Crippen molar-refractivity contribution in [1.29, 1.82) is 0 Å². The third-order valence-corrected chi connectivity index (χ3v) is 3.09. The summed E-state index contributed by atoms with van der Waals surface area (Å²) < 4.78 is 13.4. The molecule has 94 valence electrons. The first-order valence-corrected chi connectivity index (χ1v) is 6.21. The van der Waals surface area contributed by atoms with E-state index in [9.17, 15) is 4.39 Å². The van der Waals surface area contributed by atoms with Crippen LogP contribution in [0.4, 0.5) is 16.2 Å². The number of nitrogens with one attached hydrogen (secondary N) is 2. The fourth-order valence-electron chi connectivity index (χ4n) is 1.72. The van der Waals surface area contributed by atoms with E-state index in [1.54, 1.807) is 0 Å². The summed E-state index contributed by atoms with van der Waals surface area (Å²) in [5.41, 5.74) is 0. The van der Waals surface area contributed by atoms with Crippen molar-refractivity contribution in [3.63, 3.8) is 0 Å². The van der Waals surface area contributed by atoms with Crippen LogP contribution in [0.1, 0.15) is 26.7 Å². The van der Waals surface area contributed by atoms with Gasteiger partial charge in [0.1, 0.15) is 0 Å². The minimum atomic E-state index is -0.389. The Kier molecular flexibility index (Phi) is 3.76. The van der Waals surface area contributed by atoms with Crippen LogP contribution in [0.15, 0.2) is 6.20 Å². The minimum absolute atomic E-state index is 0.303. The first kappa shape index (κ1) is 12.1. The number of halogens is 1. The molecule has 2 unspecified atom stereocenters. The normalized spacial score (nSPS) is 22.3. The van der Waals surface area contributed by atoms with E-state index in [0.717, 1.165) is 25.4 Å². The quantitative estimate of drug-likeness (QED) is 0.799. The lowest BCUT2D eigenvalue weighted by atomic mass is 10.3. The van der Waals surface area contributed by atoms with Gasteiger partial charge in [-0.2, -0.15) is 4.98 Å². The van der Waals surface area contributed by atoms with E-state index < -0.39 is 0 Å². The smallest absolute Gasteiger partial charge is 0.224 e. The number of anilines is 2. The van der Waals surface area contributed by atoms with Gasteiger partial charge in [-0.3, -0.25) is 0 Å². The first-order chi connectivity index (χ1) is 8.20. The Hall–Kier alpha value is -1.39. The summed E-state index contributed by atoms with van der Waals surface area (Å²) >= 11 is 0. The van der Waals surface area contributed by atoms with Crippen molar-refractivity contribution < 1.29 is 4.39 Å². The number of nitrogens with zero attached hydrogens (tertiary/aromatic N) is 2. The molecule has 0 aliphatic heterocycles. The predicted molar refractivity (Wildman–Crippen MR) is 66.5 cm³/mol. The van der Waals surface area contributed by atoms with Crippen molar-refractivity contribution in [2.75, 3.05) is 23.7 Å². The van der Waals surface area contributed by atoms with E-state index >= 15 is 0 Å². The van der Waals surface area contributed by atoms with Gasteiger partial charge in [-0.1, -0.05) is 13.8 Å². The van der Waals surface area contributed by atoms with Gasteiger partial charge in [0.15, 0.2) is 11.6 Å². The average molecular weight is 238 g/mol. The van der Waals surface area contributed by atoms with Crippen LogP contribution in [0.5, 0.6) is 0 Å². The third-order valence-electron chi connectivity index (χ3n) is 3.09. The molecule has 2 atom stereocenters. The van der Waals surface area contributed by atoms with Crippen LogP contribution in [-0.4, -0.2) is 23.1 Å². The van der Waals surface area contributed by atoms with E-state index in [0.29, 0.717) is 17.7 Å².